The van der Waals surface area contributed by atoms with E-state index >= 15 is 0 Å². The summed E-state index contributed by atoms with van der Waals surface area (Å²) in [5.74, 6) is -0.0310. The van der Waals surface area contributed by atoms with Crippen LogP contribution in [0.4, 0.5) is 0 Å². The Bertz CT molecular complexity index is 526. The van der Waals surface area contributed by atoms with Crippen molar-refractivity contribution in [1.29, 1.82) is 0 Å². The maximum Gasteiger partial charge on any atom is 0.276 e. The number of aromatic nitrogens is 3. The Balaban J connectivity index is 2.14. The Morgan fingerprint density at radius 1 is 1.58 bits per heavy atom. The maximum absolute atomic E-state index is 12.3. The summed E-state index contributed by atoms with van der Waals surface area (Å²) in [6, 6.07) is -0.235. The monoisotopic (exact) mass is 286 g/mol. The highest BCUT2D eigenvalue weighted by molar-refractivity contribution is 7.91. The van der Waals surface area contributed by atoms with Crippen molar-refractivity contribution in [2.24, 2.45) is 0 Å². The molecule has 1 atom stereocenters. The van der Waals surface area contributed by atoms with E-state index in [2.05, 4.69) is 15.4 Å². The van der Waals surface area contributed by atoms with Crippen LogP contribution in [0.5, 0.6) is 0 Å². The standard InChI is InChI=1S/C11H18N4O3S/c1-2-3-5-15(9-4-6-19(17,18)8-9)11(16)10-7-12-14-13-10/h7,9H,2-6,8H2,1H3,(H,12,13,14). The normalized spacial score (nSPS) is 21.4. The molecule has 0 aromatic carbocycles. The Labute approximate surface area is 112 Å². The molecule has 1 aromatic rings. The zero-order chi connectivity index (χ0) is 13.9. The van der Waals surface area contributed by atoms with Gasteiger partial charge in [0.2, 0.25) is 0 Å². The SMILES string of the molecule is CCCCN(C(=O)c1cn[nH]n1)C1CCS(=O)(=O)C1. The van der Waals surface area contributed by atoms with Crippen LogP contribution in [-0.2, 0) is 9.84 Å². The van der Waals surface area contributed by atoms with Gasteiger partial charge < -0.3 is 4.90 Å². The molecule has 0 aliphatic carbocycles. The van der Waals surface area contributed by atoms with E-state index in [1.165, 1.54) is 6.20 Å². The van der Waals surface area contributed by atoms with Gasteiger partial charge in [0.1, 0.15) is 0 Å². The van der Waals surface area contributed by atoms with Crippen LogP contribution in [0.3, 0.4) is 0 Å². The van der Waals surface area contributed by atoms with E-state index in [-0.39, 0.29) is 29.1 Å². The molecule has 1 aliphatic heterocycles. The van der Waals surface area contributed by atoms with Crippen LogP contribution in [0, 0.1) is 0 Å². The number of hydrogen-bond acceptors (Lipinski definition) is 5. The number of aromatic amines is 1. The van der Waals surface area contributed by atoms with Crippen molar-refractivity contribution in [3.8, 4) is 0 Å². The first-order valence-corrected chi connectivity index (χ1v) is 8.23. The molecular weight excluding hydrogens is 268 g/mol. The molecule has 0 spiro atoms. The molecule has 106 valence electrons. The molecule has 1 amide bonds. The third-order valence-electron chi connectivity index (χ3n) is 3.30. The minimum atomic E-state index is -3.01. The second kappa shape index (κ2) is 5.68. The number of nitrogens with zero attached hydrogens (tertiary/aromatic N) is 3. The van der Waals surface area contributed by atoms with Crippen LogP contribution in [0.15, 0.2) is 6.20 Å². The van der Waals surface area contributed by atoms with Gasteiger partial charge in [-0.05, 0) is 12.8 Å². The molecule has 1 fully saturated rings. The number of nitrogens with one attached hydrogen (secondary N) is 1. The molecule has 0 saturated carbocycles. The number of sulfone groups is 1. The molecule has 2 rings (SSSR count). The second-order valence-corrected chi connectivity index (χ2v) is 6.99. The lowest BCUT2D eigenvalue weighted by atomic mass is 10.2. The minimum absolute atomic E-state index is 0.0559. The van der Waals surface area contributed by atoms with E-state index in [4.69, 9.17) is 0 Å². The Morgan fingerprint density at radius 3 is 2.89 bits per heavy atom. The van der Waals surface area contributed by atoms with Gasteiger partial charge >= 0.3 is 0 Å². The van der Waals surface area contributed by atoms with Gasteiger partial charge in [-0.15, -0.1) is 0 Å². The van der Waals surface area contributed by atoms with E-state index in [1.54, 1.807) is 4.90 Å². The average molecular weight is 286 g/mol. The predicted molar refractivity (Wildman–Crippen MR) is 69.4 cm³/mol. The van der Waals surface area contributed by atoms with Crippen LogP contribution in [0.2, 0.25) is 0 Å². The first kappa shape index (κ1) is 14.0. The summed E-state index contributed by atoms with van der Waals surface area (Å²) in [4.78, 5) is 13.9. The first-order valence-electron chi connectivity index (χ1n) is 6.40. The first-order chi connectivity index (χ1) is 9.03. The van der Waals surface area contributed by atoms with E-state index in [0.717, 1.165) is 12.8 Å². The van der Waals surface area contributed by atoms with Crippen molar-refractivity contribution in [1.82, 2.24) is 20.3 Å². The van der Waals surface area contributed by atoms with Gasteiger partial charge in [0.25, 0.3) is 5.91 Å². The van der Waals surface area contributed by atoms with Gasteiger partial charge in [0.15, 0.2) is 15.5 Å². The zero-order valence-electron chi connectivity index (χ0n) is 10.9. The summed E-state index contributed by atoms with van der Waals surface area (Å²) in [7, 11) is -3.01. The molecule has 19 heavy (non-hydrogen) atoms. The van der Waals surface area contributed by atoms with E-state index in [9.17, 15) is 13.2 Å². The van der Waals surface area contributed by atoms with Gasteiger partial charge in [-0.25, -0.2) is 8.42 Å². The summed E-state index contributed by atoms with van der Waals surface area (Å²) < 4.78 is 23.1. The summed E-state index contributed by atoms with van der Waals surface area (Å²) in [5.41, 5.74) is 0.236. The number of hydrogen-bond donors (Lipinski definition) is 1. The third-order valence-corrected chi connectivity index (χ3v) is 5.05. The average Bonchev–Trinajstić information content (AvgIpc) is 2.99. The van der Waals surface area contributed by atoms with Gasteiger partial charge in [-0.2, -0.15) is 15.4 Å². The van der Waals surface area contributed by atoms with Crippen molar-refractivity contribution >= 4 is 15.7 Å². The molecule has 8 heteroatoms. The molecule has 1 aromatic heterocycles. The Kier molecular flexibility index (Phi) is 4.18. The van der Waals surface area contributed by atoms with E-state index in [0.29, 0.717) is 13.0 Å². The molecular formula is C11H18N4O3S. The quantitative estimate of drug-likeness (QED) is 0.836. The predicted octanol–water partition coefficient (Wildman–Crippen LogP) is 0.234. The number of unbranched alkanes of at least 4 members (excludes halogenated alkanes) is 1. The van der Waals surface area contributed by atoms with Crippen molar-refractivity contribution in [2.75, 3.05) is 18.1 Å². The fourth-order valence-corrected chi connectivity index (χ4v) is 3.98. The Morgan fingerprint density at radius 2 is 2.37 bits per heavy atom. The lowest BCUT2D eigenvalue weighted by Crippen LogP contribution is -2.42. The van der Waals surface area contributed by atoms with Crippen molar-refractivity contribution in [3.05, 3.63) is 11.9 Å². The van der Waals surface area contributed by atoms with Crippen LogP contribution in [0.1, 0.15) is 36.7 Å². The largest absolute Gasteiger partial charge is 0.333 e. The zero-order valence-corrected chi connectivity index (χ0v) is 11.7. The number of amides is 1. The smallest absolute Gasteiger partial charge is 0.276 e. The number of H-pyrrole nitrogens is 1. The molecule has 1 aliphatic rings. The van der Waals surface area contributed by atoms with Crippen molar-refractivity contribution < 1.29 is 13.2 Å². The molecule has 0 bridgehead atoms. The number of carbonyl (C=O) groups is 1. The minimum Gasteiger partial charge on any atom is -0.333 e. The van der Waals surface area contributed by atoms with Crippen molar-refractivity contribution in [3.63, 3.8) is 0 Å². The van der Waals surface area contributed by atoms with E-state index in [1.807, 2.05) is 6.92 Å². The summed E-state index contributed by atoms with van der Waals surface area (Å²) >= 11 is 0. The Hall–Kier alpha value is -1.44. The second-order valence-electron chi connectivity index (χ2n) is 4.76. The highest BCUT2D eigenvalue weighted by Gasteiger charge is 2.35. The molecule has 0 radical (unpaired) electrons. The summed E-state index contributed by atoms with van der Waals surface area (Å²) in [6.45, 7) is 2.59. The summed E-state index contributed by atoms with van der Waals surface area (Å²) in [6.07, 6.45) is 3.67. The van der Waals surface area contributed by atoms with Gasteiger partial charge in [0, 0.05) is 12.6 Å². The fraction of sp³-hybridized carbons (Fsp3) is 0.727. The van der Waals surface area contributed by atoms with Gasteiger partial charge in [-0.3, -0.25) is 4.79 Å². The topological polar surface area (TPSA) is 96.0 Å². The van der Waals surface area contributed by atoms with Crippen molar-refractivity contribution in [2.45, 2.75) is 32.2 Å². The van der Waals surface area contributed by atoms with Crippen LogP contribution in [0.25, 0.3) is 0 Å². The lowest BCUT2D eigenvalue weighted by Gasteiger charge is -2.27. The molecule has 2 heterocycles. The molecule has 1 saturated heterocycles. The van der Waals surface area contributed by atoms with Crippen LogP contribution in [-0.4, -0.2) is 58.7 Å². The number of rotatable bonds is 5. The highest BCUT2D eigenvalue weighted by Crippen LogP contribution is 2.20. The number of carbonyl (C=O) groups excluding carboxylic acids is 1. The lowest BCUT2D eigenvalue weighted by molar-refractivity contribution is 0.0688. The summed E-state index contributed by atoms with van der Waals surface area (Å²) in [5, 5.41) is 9.80. The van der Waals surface area contributed by atoms with E-state index < -0.39 is 9.84 Å². The molecule has 7 nitrogen and oxygen atoms in total. The highest BCUT2D eigenvalue weighted by atomic mass is 32.2. The molecule has 1 unspecified atom stereocenters. The van der Waals surface area contributed by atoms with Crippen LogP contribution < -0.4 is 0 Å². The molecule has 1 N–H and O–H groups in total. The maximum atomic E-state index is 12.3. The van der Waals surface area contributed by atoms with Crippen LogP contribution >= 0.6 is 0 Å². The van der Waals surface area contributed by atoms with Gasteiger partial charge in [-0.1, -0.05) is 13.3 Å². The fourth-order valence-electron chi connectivity index (χ4n) is 2.25. The van der Waals surface area contributed by atoms with Gasteiger partial charge in [0.05, 0.1) is 17.7 Å². The third kappa shape index (κ3) is 3.31.